The quantitative estimate of drug-likeness (QED) is 0.309. The fraction of sp³-hybridized carbons (Fsp3) is 0.500. The summed E-state index contributed by atoms with van der Waals surface area (Å²) in [5.74, 6) is -1.96. The molecule has 0 aliphatic heterocycles. The van der Waals surface area contributed by atoms with Crippen LogP contribution in [0.1, 0.15) is 20.8 Å². The van der Waals surface area contributed by atoms with Crippen LogP contribution in [0.15, 0.2) is 36.5 Å². The molecule has 146 valence electrons. The molecule has 0 fully saturated rings. The molecule has 0 aromatic carbocycles. The van der Waals surface area contributed by atoms with Gasteiger partial charge in [0.1, 0.15) is 12.7 Å². The van der Waals surface area contributed by atoms with E-state index in [1.807, 2.05) is 0 Å². The van der Waals surface area contributed by atoms with E-state index >= 15 is 0 Å². The molecule has 0 aromatic rings. The van der Waals surface area contributed by atoms with Crippen LogP contribution in [0.2, 0.25) is 0 Å². The molecular formula is C18H26O8. The van der Waals surface area contributed by atoms with Gasteiger partial charge in [-0.1, -0.05) is 19.7 Å². The lowest BCUT2D eigenvalue weighted by Crippen LogP contribution is -2.33. The Morgan fingerprint density at radius 3 is 1.62 bits per heavy atom. The van der Waals surface area contributed by atoms with Crippen molar-refractivity contribution in [1.29, 1.82) is 0 Å². The molecule has 2 atom stereocenters. The van der Waals surface area contributed by atoms with Crippen molar-refractivity contribution in [2.45, 2.75) is 33.0 Å². The average molecular weight is 370 g/mol. The molecule has 0 saturated heterocycles. The Bertz CT molecular complexity index is 564. The van der Waals surface area contributed by atoms with Crippen LogP contribution >= 0.6 is 0 Å². The lowest BCUT2D eigenvalue weighted by Gasteiger charge is -2.20. The smallest absolute Gasteiger partial charge is 0.333 e. The molecule has 1 N–H and O–H groups in total. The topological polar surface area (TPSA) is 108 Å². The van der Waals surface area contributed by atoms with Crippen LogP contribution in [0, 0.1) is 0 Å². The summed E-state index contributed by atoms with van der Waals surface area (Å²) >= 11 is 0. The second-order valence-electron chi connectivity index (χ2n) is 5.71. The van der Waals surface area contributed by atoms with Gasteiger partial charge in [-0.05, 0) is 20.8 Å². The summed E-state index contributed by atoms with van der Waals surface area (Å²) in [5, 5.41) is 9.21. The van der Waals surface area contributed by atoms with Gasteiger partial charge in [0.05, 0.1) is 19.8 Å². The standard InChI is InChI=1S/C18H26O8/c1-11(2)16(20)24-10-15(26-18(22)13(5)6)9-23-8-14(7-19)25-17(21)12(3)4/h14-15,19H,1,3,5,7-10H2,2,4,6H3. The Morgan fingerprint density at radius 2 is 1.19 bits per heavy atom. The third-order valence-electron chi connectivity index (χ3n) is 2.80. The molecule has 0 heterocycles. The van der Waals surface area contributed by atoms with E-state index in [9.17, 15) is 19.5 Å². The van der Waals surface area contributed by atoms with Gasteiger partial charge in [-0.3, -0.25) is 0 Å². The van der Waals surface area contributed by atoms with Crippen molar-refractivity contribution in [3.63, 3.8) is 0 Å². The molecule has 8 nitrogen and oxygen atoms in total. The number of hydrogen-bond acceptors (Lipinski definition) is 8. The van der Waals surface area contributed by atoms with Crippen molar-refractivity contribution in [3.8, 4) is 0 Å². The highest BCUT2D eigenvalue weighted by Gasteiger charge is 2.20. The van der Waals surface area contributed by atoms with Crippen molar-refractivity contribution < 1.29 is 38.4 Å². The number of carbonyl (C=O) groups excluding carboxylic acids is 3. The Kier molecular flexibility index (Phi) is 10.9. The zero-order valence-corrected chi connectivity index (χ0v) is 15.4. The van der Waals surface area contributed by atoms with E-state index in [1.165, 1.54) is 20.8 Å². The predicted octanol–water partition coefficient (Wildman–Crippen LogP) is 1.09. The summed E-state index contributed by atoms with van der Waals surface area (Å²) in [5.41, 5.74) is 0.552. The van der Waals surface area contributed by atoms with Gasteiger partial charge in [-0.25, -0.2) is 14.4 Å². The van der Waals surface area contributed by atoms with Gasteiger partial charge >= 0.3 is 17.9 Å². The number of carbonyl (C=O) groups is 3. The van der Waals surface area contributed by atoms with Crippen LogP contribution in [-0.4, -0.2) is 61.6 Å². The Balaban J connectivity index is 4.64. The number of esters is 3. The molecule has 0 bridgehead atoms. The lowest BCUT2D eigenvalue weighted by molar-refractivity contribution is -0.160. The van der Waals surface area contributed by atoms with E-state index in [0.29, 0.717) is 0 Å². The second-order valence-corrected chi connectivity index (χ2v) is 5.71. The van der Waals surface area contributed by atoms with Crippen LogP contribution in [0.4, 0.5) is 0 Å². The van der Waals surface area contributed by atoms with Gasteiger partial charge in [0, 0.05) is 16.7 Å². The highest BCUT2D eigenvalue weighted by molar-refractivity contribution is 5.88. The molecule has 0 rings (SSSR count). The van der Waals surface area contributed by atoms with E-state index in [-0.39, 0.29) is 36.5 Å². The fourth-order valence-electron chi connectivity index (χ4n) is 1.37. The Labute approximate surface area is 153 Å². The summed E-state index contributed by atoms with van der Waals surface area (Å²) < 4.78 is 20.4. The van der Waals surface area contributed by atoms with Gasteiger partial charge in [-0.2, -0.15) is 0 Å². The van der Waals surface area contributed by atoms with Crippen molar-refractivity contribution >= 4 is 17.9 Å². The van der Waals surface area contributed by atoms with E-state index in [4.69, 9.17) is 18.9 Å². The van der Waals surface area contributed by atoms with Crippen LogP contribution in [0.25, 0.3) is 0 Å². The van der Waals surface area contributed by atoms with Gasteiger partial charge in [0.15, 0.2) is 6.10 Å². The predicted molar refractivity (Wildman–Crippen MR) is 93.1 cm³/mol. The Morgan fingerprint density at radius 1 is 0.769 bits per heavy atom. The first-order valence-corrected chi connectivity index (χ1v) is 7.82. The summed E-state index contributed by atoms with van der Waals surface area (Å²) in [7, 11) is 0. The molecule has 0 aromatic heterocycles. The zero-order valence-electron chi connectivity index (χ0n) is 15.4. The summed E-state index contributed by atoms with van der Waals surface area (Å²) in [6.45, 7) is 13.8. The van der Waals surface area contributed by atoms with Crippen molar-refractivity contribution in [2.75, 3.05) is 26.4 Å². The van der Waals surface area contributed by atoms with E-state index in [2.05, 4.69) is 19.7 Å². The number of aliphatic hydroxyl groups excluding tert-OH is 1. The van der Waals surface area contributed by atoms with Crippen molar-refractivity contribution in [3.05, 3.63) is 36.5 Å². The summed E-state index contributed by atoms with van der Waals surface area (Å²) in [6.07, 6.45) is -1.81. The highest BCUT2D eigenvalue weighted by Crippen LogP contribution is 2.05. The second kappa shape index (κ2) is 12.0. The minimum atomic E-state index is -0.908. The minimum absolute atomic E-state index is 0.148. The molecular weight excluding hydrogens is 344 g/mol. The first kappa shape index (κ1) is 23.5. The number of hydrogen-bond donors (Lipinski definition) is 1. The number of ether oxygens (including phenoxy) is 4. The maximum absolute atomic E-state index is 11.7. The molecule has 0 spiro atoms. The first-order valence-electron chi connectivity index (χ1n) is 7.82. The van der Waals surface area contributed by atoms with Crippen LogP contribution < -0.4 is 0 Å². The van der Waals surface area contributed by atoms with Gasteiger partial charge in [0.2, 0.25) is 0 Å². The van der Waals surface area contributed by atoms with E-state index in [1.54, 1.807) is 0 Å². The molecule has 0 amide bonds. The SMILES string of the molecule is C=C(C)C(=O)OCC(COCC(CO)OC(=O)C(=C)C)OC(=O)C(=C)C. The van der Waals surface area contributed by atoms with Crippen molar-refractivity contribution in [1.82, 2.24) is 0 Å². The number of rotatable bonds is 12. The third kappa shape index (κ3) is 9.75. The monoisotopic (exact) mass is 370 g/mol. The van der Waals surface area contributed by atoms with Gasteiger partial charge < -0.3 is 24.1 Å². The lowest BCUT2D eigenvalue weighted by atomic mass is 10.3. The molecule has 0 aliphatic carbocycles. The van der Waals surface area contributed by atoms with Crippen LogP contribution in [0.3, 0.4) is 0 Å². The Hall–Kier alpha value is -2.45. The van der Waals surface area contributed by atoms with E-state index < -0.39 is 36.7 Å². The number of aliphatic hydroxyl groups is 1. The summed E-state index contributed by atoms with van der Waals surface area (Å²) in [6, 6.07) is 0. The molecule has 8 heteroatoms. The molecule has 2 unspecified atom stereocenters. The molecule has 0 radical (unpaired) electrons. The average Bonchev–Trinajstić information content (AvgIpc) is 2.57. The molecule has 26 heavy (non-hydrogen) atoms. The minimum Gasteiger partial charge on any atom is -0.458 e. The summed E-state index contributed by atoms with van der Waals surface area (Å²) in [4.78, 5) is 34.5. The van der Waals surface area contributed by atoms with Crippen LogP contribution in [0.5, 0.6) is 0 Å². The molecule has 0 saturated carbocycles. The third-order valence-corrected chi connectivity index (χ3v) is 2.80. The van der Waals surface area contributed by atoms with Gasteiger partial charge in [0.25, 0.3) is 0 Å². The van der Waals surface area contributed by atoms with Gasteiger partial charge in [-0.15, -0.1) is 0 Å². The largest absolute Gasteiger partial charge is 0.458 e. The van der Waals surface area contributed by atoms with Crippen LogP contribution in [-0.2, 0) is 33.3 Å². The maximum Gasteiger partial charge on any atom is 0.333 e. The zero-order chi connectivity index (χ0) is 20.3. The highest BCUT2D eigenvalue weighted by atomic mass is 16.6. The molecule has 0 aliphatic rings. The maximum atomic E-state index is 11.7. The first-order chi connectivity index (χ1) is 12.1. The van der Waals surface area contributed by atoms with E-state index in [0.717, 1.165) is 0 Å². The fourth-order valence-corrected chi connectivity index (χ4v) is 1.37. The normalized spacial score (nSPS) is 12.5. The van der Waals surface area contributed by atoms with Crippen molar-refractivity contribution in [2.24, 2.45) is 0 Å².